The fourth-order valence-electron chi connectivity index (χ4n) is 1.89. The van der Waals surface area contributed by atoms with Gasteiger partial charge in [-0.25, -0.2) is 4.39 Å². The normalized spacial score (nSPS) is 10.7. The van der Waals surface area contributed by atoms with Crippen LogP contribution >= 0.6 is 11.6 Å². The van der Waals surface area contributed by atoms with Crippen LogP contribution in [0.3, 0.4) is 0 Å². The molecule has 0 aliphatic carbocycles. The van der Waals surface area contributed by atoms with Crippen LogP contribution in [0.1, 0.15) is 5.56 Å². The van der Waals surface area contributed by atoms with Crippen molar-refractivity contribution < 1.29 is 9.13 Å². The van der Waals surface area contributed by atoms with Gasteiger partial charge in [-0.1, -0.05) is 35.9 Å². The highest BCUT2D eigenvalue weighted by Gasteiger charge is 2.08. The molecule has 0 bridgehead atoms. The Balaban J connectivity index is 2.32. The molecule has 19 heavy (non-hydrogen) atoms. The molecular formula is C15H15ClFNO. The molecule has 0 saturated carbocycles. The lowest BCUT2D eigenvalue weighted by Crippen LogP contribution is -1.95. The average Bonchev–Trinajstić information content (AvgIpc) is 2.41. The zero-order valence-electron chi connectivity index (χ0n) is 10.6. The smallest absolute Gasteiger partial charge is 0.125 e. The summed E-state index contributed by atoms with van der Waals surface area (Å²) in [4.78, 5) is 0. The summed E-state index contributed by atoms with van der Waals surface area (Å²) < 4.78 is 18.4. The van der Waals surface area contributed by atoms with E-state index in [2.05, 4.69) is 0 Å². The quantitative estimate of drug-likeness (QED) is 0.861. The predicted molar refractivity (Wildman–Crippen MR) is 76.8 cm³/mol. The number of benzene rings is 2. The molecule has 0 fully saturated rings. The molecule has 0 aliphatic heterocycles. The van der Waals surface area contributed by atoms with Crippen molar-refractivity contribution >= 4 is 17.3 Å². The molecule has 0 atom stereocenters. The van der Waals surface area contributed by atoms with Crippen LogP contribution < -0.4 is 5.73 Å². The first-order valence-electron chi connectivity index (χ1n) is 5.94. The van der Waals surface area contributed by atoms with Gasteiger partial charge in [0.25, 0.3) is 0 Å². The van der Waals surface area contributed by atoms with Gasteiger partial charge < -0.3 is 10.5 Å². The molecule has 2 aromatic carbocycles. The van der Waals surface area contributed by atoms with Crippen molar-refractivity contribution in [1.29, 1.82) is 0 Å². The molecular weight excluding hydrogens is 265 g/mol. The number of methoxy groups -OCH3 is 1. The first-order valence-corrected chi connectivity index (χ1v) is 6.32. The number of rotatable bonds is 4. The van der Waals surface area contributed by atoms with E-state index < -0.39 is 5.82 Å². The van der Waals surface area contributed by atoms with Crippen molar-refractivity contribution in [2.24, 2.45) is 0 Å². The summed E-state index contributed by atoms with van der Waals surface area (Å²) in [6.07, 6.45) is 0.843. The van der Waals surface area contributed by atoms with Crippen LogP contribution in [0, 0.1) is 5.82 Å². The second kappa shape index (κ2) is 6.04. The highest BCUT2D eigenvalue weighted by molar-refractivity contribution is 6.33. The van der Waals surface area contributed by atoms with Gasteiger partial charge in [0.15, 0.2) is 0 Å². The van der Waals surface area contributed by atoms with Gasteiger partial charge in [-0.2, -0.15) is 0 Å². The Kier molecular flexibility index (Phi) is 4.40. The topological polar surface area (TPSA) is 35.2 Å². The molecule has 100 valence electrons. The zero-order valence-corrected chi connectivity index (χ0v) is 11.4. The third-order valence-electron chi connectivity index (χ3n) is 2.95. The average molecular weight is 280 g/mol. The molecule has 0 spiro atoms. The lowest BCUT2D eigenvalue weighted by Gasteiger charge is -2.09. The summed E-state index contributed by atoms with van der Waals surface area (Å²) in [5.74, 6) is -0.391. The van der Waals surface area contributed by atoms with Crippen LogP contribution in [0.4, 0.5) is 10.1 Å². The van der Waals surface area contributed by atoms with Gasteiger partial charge in [-0.05, 0) is 29.7 Å². The number of hydrogen-bond donors (Lipinski definition) is 1. The maximum Gasteiger partial charge on any atom is 0.125 e. The van der Waals surface area contributed by atoms with Gasteiger partial charge in [0.2, 0.25) is 0 Å². The molecule has 0 unspecified atom stereocenters. The van der Waals surface area contributed by atoms with Gasteiger partial charge in [0.05, 0.1) is 17.3 Å². The number of ether oxygens (including phenoxy) is 1. The summed E-state index contributed by atoms with van der Waals surface area (Å²) in [6.45, 7) is 0.674. The first kappa shape index (κ1) is 13.8. The Morgan fingerprint density at radius 2 is 1.89 bits per heavy atom. The third kappa shape index (κ3) is 3.25. The van der Waals surface area contributed by atoms with Crippen molar-refractivity contribution in [3.63, 3.8) is 0 Å². The van der Waals surface area contributed by atoms with Gasteiger partial charge >= 0.3 is 0 Å². The van der Waals surface area contributed by atoms with Gasteiger partial charge in [-0.15, -0.1) is 0 Å². The van der Waals surface area contributed by atoms with E-state index in [0.29, 0.717) is 17.9 Å². The predicted octanol–water partition coefficient (Wildman–Crippen LogP) is 3.92. The number of hydrogen-bond acceptors (Lipinski definition) is 2. The second-order valence-electron chi connectivity index (χ2n) is 4.29. The largest absolute Gasteiger partial charge is 0.397 e. The van der Waals surface area contributed by atoms with E-state index in [0.717, 1.165) is 17.5 Å². The summed E-state index contributed by atoms with van der Waals surface area (Å²) >= 11 is 5.89. The highest BCUT2D eigenvalue weighted by atomic mass is 35.5. The first-order chi connectivity index (χ1) is 9.11. The van der Waals surface area contributed by atoms with Crippen LogP contribution in [0.2, 0.25) is 5.02 Å². The van der Waals surface area contributed by atoms with Crippen LogP contribution in [-0.2, 0) is 11.2 Å². The Labute approximate surface area is 117 Å². The monoisotopic (exact) mass is 279 g/mol. The standard InChI is InChI=1S/C15H15ClFNO/c1-19-7-6-10-2-4-11(5-3-10)13-8-12(17)9-14(16)15(13)18/h2-5,8-9H,6-7,18H2,1H3. The molecule has 0 amide bonds. The Bertz CT molecular complexity index is 569. The van der Waals surface area contributed by atoms with E-state index in [4.69, 9.17) is 22.1 Å². The van der Waals surface area contributed by atoms with Crippen molar-refractivity contribution in [1.82, 2.24) is 0 Å². The molecule has 0 radical (unpaired) electrons. The minimum atomic E-state index is -0.391. The third-order valence-corrected chi connectivity index (χ3v) is 3.27. The van der Waals surface area contributed by atoms with Gasteiger partial charge in [0.1, 0.15) is 5.82 Å². The molecule has 0 aromatic heterocycles. The van der Waals surface area contributed by atoms with E-state index in [1.165, 1.54) is 12.1 Å². The minimum Gasteiger partial charge on any atom is -0.397 e. The van der Waals surface area contributed by atoms with Crippen LogP contribution in [0.25, 0.3) is 11.1 Å². The van der Waals surface area contributed by atoms with Crippen molar-refractivity contribution in [2.45, 2.75) is 6.42 Å². The molecule has 0 saturated heterocycles. The lowest BCUT2D eigenvalue weighted by molar-refractivity contribution is 0.202. The number of nitrogens with two attached hydrogens (primary N) is 1. The van der Waals surface area contributed by atoms with E-state index in [1.54, 1.807) is 7.11 Å². The van der Waals surface area contributed by atoms with E-state index in [-0.39, 0.29) is 5.02 Å². The Hall–Kier alpha value is -1.58. The Morgan fingerprint density at radius 1 is 1.21 bits per heavy atom. The van der Waals surface area contributed by atoms with Crippen LogP contribution in [-0.4, -0.2) is 13.7 Å². The SMILES string of the molecule is COCCc1ccc(-c2cc(F)cc(Cl)c2N)cc1. The van der Waals surface area contributed by atoms with Crippen LogP contribution in [0.5, 0.6) is 0 Å². The maximum atomic E-state index is 13.4. The maximum absolute atomic E-state index is 13.4. The van der Waals surface area contributed by atoms with Crippen molar-refractivity contribution in [3.8, 4) is 11.1 Å². The summed E-state index contributed by atoms with van der Waals surface area (Å²) in [7, 11) is 1.67. The molecule has 2 nitrogen and oxygen atoms in total. The number of nitrogen functional groups attached to an aromatic ring is 1. The van der Waals surface area contributed by atoms with E-state index in [9.17, 15) is 4.39 Å². The number of anilines is 1. The molecule has 0 aliphatic rings. The fraction of sp³-hybridized carbons (Fsp3) is 0.200. The fourth-order valence-corrected chi connectivity index (χ4v) is 2.10. The minimum absolute atomic E-state index is 0.235. The lowest BCUT2D eigenvalue weighted by atomic mass is 10.0. The second-order valence-corrected chi connectivity index (χ2v) is 4.70. The molecule has 2 aromatic rings. The highest BCUT2D eigenvalue weighted by Crippen LogP contribution is 2.32. The molecule has 0 heterocycles. The number of halogens is 2. The molecule has 4 heteroatoms. The van der Waals surface area contributed by atoms with Crippen LogP contribution in [0.15, 0.2) is 36.4 Å². The van der Waals surface area contributed by atoms with Crippen molar-refractivity contribution in [3.05, 3.63) is 52.8 Å². The summed E-state index contributed by atoms with van der Waals surface area (Å²) in [6, 6.07) is 10.4. The zero-order chi connectivity index (χ0) is 13.8. The Morgan fingerprint density at radius 3 is 2.53 bits per heavy atom. The van der Waals surface area contributed by atoms with E-state index >= 15 is 0 Å². The molecule has 2 N–H and O–H groups in total. The van der Waals surface area contributed by atoms with Crippen molar-refractivity contribution in [2.75, 3.05) is 19.5 Å². The van der Waals surface area contributed by atoms with E-state index in [1.807, 2.05) is 24.3 Å². The van der Waals surface area contributed by atoms with Gasteiger partial charge in [-0.3, -0.25) is 0 Å². The summed E-state index contributed by atoms with van der Waals surface area (Å²) in [5, 5.41) is 0.235. The summed E-state index contributed by atoms with van der Waals surface area (Å²) in [5.41, 5.74) is 8.90. The molecule has 2 rings (SSSR count). The van der Waals surface area contributed by atoms with Gasteiger partial charge in [0, 0.05) is 12.7 Å².